The van der Waals surface area contributed by atoms with Crippen LogP contribution in [0.5, 0.6) is 0 Å². The Bertz CT molecular complexity index is 447. The lowest BCUT2D eigenvalue weighted by Gasteiger charge is -2.28. The number of benzene rings is 1. The molecule has 0 saturated heterocycles. The highest BCUT2D eigenvalue weighted by molar-refractivity contribution is 6.34. The summed E-state index contributed by atoms with van der Waals surface area (Å²) in [5.74, 6) is -0.187. The van der Waals surface area contributed by atoms with Gasteiger partial charge >= 0.3 is 0 Å². The molecule has 1 saturated carbocycles. The summed E-state index contributed by atoms with van der Waals surface area (Å²) in [5.41, 5.74) is 6.71. The molecule has 1 fully saturated rings. The molecule has 1 amide bonds. The molecule has 2 rings (SSSR count). The lowest BCUT2D eigenvalue weighted by atomic mass is 9.96. The Kier molecular flexibility index (Phi) is 4.09. The second-order valence-corrected chi connectivity index (χ2v) is 4.97. The second-order valence-electron chi connectivity index (χ2n) is 4.56. The lowest BCUT2D eigenvalue weighted by molar-refractivity contribution is -0.133. The zero-order valence-electron chi connectivity index (χ0n) is 10.3. The highest BCUT2D eigenvalue weighted by Crippen LogP contribution is 2.26. The van der Waals surface area contributed by atoms with Crippen LogP contribution in [0, 0.1) is 0 Å². The minimum absolute atomic E-state index is 0.187. The molecule has 1 atom stereocenters. The summed E-state index contributed by atoms with van der Waals surface area (Å²) < 4.78 is 5.60. The number of amides is 1. The molecule has 1 aliphatic carbocycles. The average molecular weight is 269 g/mol. The number of hydrogen-bond acceptors (Lipinski definition) is 3. The zero-order chi connectivity index (χ0) is 13.1. The molecule has 0 bridgehead atoms. The highest BCUT2D eigenvalue weighted by Gasteiger charge is 2.24. The molecule has 0 spiro atoms. The number of hydrogen-bond donors (Lipinski definition) is 2. The summed E-state index contributed by atoms with van der Waals surface area (Å²) in [6, 6.07) is 4.99. The molecule has 0 aliphatic heterocycles. The maximum atomic E-state index is 11.9. The van der Waals surface area contributed by atoms with Crippen LogP contribution in [0.1, 0.15) is 26.2 Å². The number of carbonyl (C=O) groups excluding carboxylic acids is 1. The van der Waals surface area contributed by atoms with Crippen LogP contribution in [0.25, 0.3) is 0 Å². The predicted octanol–water partition coefficient (Wildman–Crippen LogP) is 2.82. The van der Waals surface area contributed by atoms with Crippen molar-refractivity contribution in [1.29, 1.82) is 0 Å². The second kappa shape index (κ2) is 5.59. The number of halogens is 1. The Hall–Kier alpha value is -1.26. The van der Waals surface area contributed by atoms with E-state index in [1.54, 1.807) is 25.1 Å². The largest absolute Gasteiger partial charge is 0.399 e. The van der Waals surface area contributed by atoms with E-state index in [0.717, 1.165) is 12.8 Å². The van der Waals surface area contributed by atoms with Crippen LogP contribution in [0.4, 0.5) is 11.4 Å². The number of ether oxygens (including phenoxy) is 1. The molecule has 18 heavy (non-hydrogen) atoms. The van der Waals surface area contributed by atoms with E-state index in [-0.39, 0.29) is 12.0 Å². The zero-order valence-corrected chi connectivity index (χ0v) is 11.0. The first-order valence-corrected chi connectivity index (χ1v) is 6.45. The number of carbonyl (C=O) groups is 1. The van der Waals surface area contributed by atoms with Gasteiger partial charge in [-0.3, -0.25) is 4.79 Å². The number of rotatable bonds is 4. The van der Waals surface area contributed by atoms with Crippen molar-refractivity contribution in [3.8, 4) is 0 Å². The summed E-state index contributed by atoms with van der Waals surface area (Å²) in [6.45, 7) is 1.75. The van der Waals surface area contributed by atoms with Gasteiger partial charge in [0, 0.05) is 5.69 Å². The Morgan fingerprint density at radius 2 is 2.28 bits per heavy atom. The van der Waals surface area contributed by atoms with E-state index >= 15 is 0 Å². The molecule has 3 N–H and O–H groups in total. The third-order valence-electron chi connectivity index (χ3n) is 3.07. The van der Waals surface area contributed by atoms with Crippen LogP contribution >= 0.6 is 11.6 Å². The predicted molar refractivity (Wildman–Crippen MR) is 72.7 cm³/mol. The van der Waals surface area contributed by atoms with Crippen molar-refractivity contribution < 1.29 is 9.53 Å². The molecule has 1 unspecified atom stereocenters. The maximum absolute atomic E-state index is 11.9. The maximum Gasteiger partial charge on any atom is 0.253 e. The molecule has 0 heterocycles. The first kappa shape index (κ1) is 13.2. The van der Waals surface area contributed by atoms with Gasteiger partial charge in [0.1, 0.15) is 6.10 Å². The minimum atomic E-state index is -0.469. The molecule has 98 valence electrons. The Morgan fingerprint density at radius 1 is 1.56 bits per heavy atom. The van der Waals surface area contributed by atoms with Gasteiger partial charge in [0.25, 0.3) is 5.91 Å². The SMILES string of the molecule is CC(OC1CCC1)C(=O)Nc1ccc(N)cc1Cl. The Morgan fingerprint density at radius 3 is 2.83 bits per heavy atom. The highest BCUT2D eigenvalue weighted by atomic mass is 35.5. The van der Waals surface area contributed by atoms with Crippen molar-refractivity contribution in [1.82, 2.24) is 0 Å². The van der Waals surface area contributed by atoms with Crippen LogP contribution in [0.15, 0.2) is 18.2 Å². The van der Waals surface area contributed by atoms with Gasteiger partial charge < -0.3 is 15.8 Å². The number of nitrogens with two attached hydrogens (primary N) is 1. The summed E-state index contributed by atoms with van der Waals surface area (Å²) in [7, 11) is 0. The number of nitrogens with one attached hydrogen (secondary N) is 1. The summed E-state index contributed by atoms with van der Waals surface area (Å²) in [6.07, 6.45) is 3.03. The fourth-order valence-electron chi connectivity index (χ4n) is 1.72. The summed E-state index contributed by atoms with van der Waals surface area (Å²) >= 11 is 5.99. The monoisotopic (exact) mass is 268 g/mol. The molecule has 1 aromatic carbocycles. The average Bonchev–Trinajstić information content (AvgIpc) is 2.27. The third kappa shape index (κ3) is 3.15. The fourth-order valence-corrected chi connectivity index (χ4v) is 1.96. The molecule has 1 aromatic rings. The van der Waals surface area contributed by atoms with Gasteiger partial charge in [-0.15, -0.1) is 0 Å². The van der Waals surface area contributed by atoms with Crippen molar-refractivity contribution in [2.45, 2.75) is 38.4 Å². The van der Waals surface area contributed by atoms with Crippen molar-refractivity contribution >= 4 is 28.9 Å². The normalized spacial score (nSPS) is 17.0. The van der Waals surface area contributed by atoms with Gasteiger partial charge in [0.2, 0.25) is 0 Å². The van der Waals surface area contributed by atoms with Crippen LogP contribution in [0.3, 0.4) is 0 Å². The van der Waals surface area contributed by atoms with E-state index in [9.17, 15) is 4.79 Å². The Labute approximate surface area is 111 Å². The first-order valence-electron chi connectivity index (χ1n) is 6.07. The van der Waals surface area contributed by atoms with Gasteiger partial charge in [-0.05, 0) is 44.4 Å². The summed E-state index contributed by atoms with van der Waals surface area (Å²) in [4.78, 5) is 11.9. The topological polar surface area (TPSA) is 64.3 Å². The van der Waals surface area contributed by atoms with Crippen molar-refractivity contribution in [2.75, 3.05) is 11.1 Å². The first-order chi connectivity index (χ1) is 8.56. The minimum Gasteiger partial charge on any atom is -0.399 e. The van der Waals surface area contributed by atoms with Crippen molar-refractivity contribution in [3.63, 3.8) is 0 Å². The van der Waals surface area contributed by atoms with Gasteiger partial charge in [0.15, 0.2) is 0 Å². The number of nitrogen functional groups attached to an aromatic ring is 1. The van der Waals surface area contributed by atoms with Crippen LogP contribution in [-0.4, -0.2) is 18.1 Å². The molecule has 0 aromatic heterocycles. The van der Waals surface area contributed by atoms with E-state index in [1.165, 1.54) is 6.42 Å². The van der Waals surface area contributed by atoms with Crippen LogP contribution in [-0.2, 0) is 9.53 Å². The molecule has 1 aliphatic rings. The molecule has 0 radical (unpaired) electrons. The van der Waals surface area contributed by atoms with Crippen molar-refractivity contribution in [3.05, 3.63) is 23.2 Å². The van der Waals surface area contributed by atoms with Gasteiger partial charge in [0.05, 0.1) is 16.8 Å². The van der Waals surface area contributed by atoms with Gasteiger partial charge in [-0.2, -0.15) is 0 Å². The van der Waals surface area contributed by atoms with E-state index < -0.39 is 6.10 Å². The smallest absolute Gasteiger partial charge is 0.253 e. The van der Waals surface area contributed by atoms with Gasteiger partial charge in [-0.25, -0.2) is 0 Å². The standard InChI is InChI=1S/C13H17ClN2O2/c1-8(18-10-3-2-4-10)13(17)16-12-6-5-9(15)7-11(12)14/h5-8,10H,2-4,15H2,1H3,(H,16,17). The molecule has 4 nitrogen and oxygen atoms in total. The molecular formula is C13H17ClN2O2. The van der Waals surface area contributed by atoms with E-state index in [0.29, 0.717) is 16.4 Å². The lowest BCUT2D eigenvalue weighted by Crippen LogP contribution is -2.34. The van der Waals surface area contributed by atoms with Crippen LogP contribution in [0.2, 0.25) is 5.02 Å². The summed E-state index contributed by atoms with van der Waals surface area (Å²) in [5, 5.41) is 3.17. The van der Waals surface area contributed by atoms with E-state index in [1.807, 2.05) is 0 Å². The van der Waals surface area contributed by atoms with Crippen LogP contribution < -0.4 is 11.1 Å². The third-order valence-corrected chi connectivity index (χ3v) is 3.38. The number of anilines is 2. The van der Waals surface area contributed by atoms with Gasteiger partial charge in [-0.1, -0.05) is 11.6 Å². The quantitative estimate of drug-likeness (QED) is 0.826. The van der Waals surface area contributed by atoms with E-state index in [2.05, 4.69) is 5.32 Å². The fraction of sp³-hybridized carbons (Fsp3) is 0.462. The Balaban J connectivity index is 1.92. The molecule has 5 heteroatoms. The van der Waals surface area contributed by atoms with E-state index in [4.69, 9.17) is 22.1 Å². The van der Waals surface area contributed by atoms with Crippen molar-refractivity contribution in [2.24, 2.45) is 0 Å². The molecular weight excluding hydrogens is 252 g/mol.